The van der Waals surface area contributed by atoms with E-state index in [1.54, 1.807) is 42.5 Å². The molecule has 0 saturated carbocycles. The molecule has 0 bridgehead atoms. The number of allylic oxidation sites excluding steroid dienone is 2. The molecule has 1 fully saturated rings. The fraction of sp³-hybridized carbons (Fsp3) is 0.308. The van der Waals surface area contributed by atoms with Crippen molar-refractivity contribution < 1.29 is 23.9 Å². The third-order valence-electron chi connectivity index (χ3n) is 6.50. The number of amides is 3. The van der Waals surface area contributed by atoms with Crippen molar-refractivity contribution in [1.29, 1.82) is 0 Å². The maximum Gasteiger partial charge on any atom is 0.275 e. The summed E-state index contributed by atoms with van der Waals surface area (Å²) in [6, 6.07) is 11.6. The summed E-state index contributed by atoms with van der Waals surface area (Å²) in [5.74, 6) is -2.83. The van der Waals surface area contributed by atoms with Crippen molar-refractivity contribution in [2.75, 3.05) is 7.11 Å². The van der Waals surface area contributed by atoms with E-state index in [1.165, 1.54) is 20.1 Å². The Labute approximate surface area is 202 Å². The molecule has 7 nitrogen and oxygen atoms in total. The van der Waals surface area contributed by atoms with Crippen molar-refractivity contribution in [2.24, 2.45) is 17.8 Å². The number of hydrogen-bond acceptors (Lipinski definition) is 5. The molecule has 3 amide bonds. The van der Waals surface area contributed by atoms with Crippen molar-refractivity contribution >= 4 is 35.1 Å². The second-order valence-electron chi connectivity index (χ2n) is 8.54. The van der Waals surface area contributed by atoms with Crippen LogP contribution in [0.4, 0.5) is 0 Å². The van der Waals surface area contributed by atoms with Gasteiger partial charge in [-0.2, -0.15) is 5.01 Å². The molecule has 8 heteroatoms. The molecule has 2 aliphatic rings. The third kappa shape index (κ3) is 4.01. The minimum atomic E-state index is -1.14. The molecule has 0 spiro atoms. The highest BCUT2D eigenvalue weighted by Crippen LogP contribution is 2.40. The van der Waals surface area contributed by atoms with E-state index >= 15 is 0 Å². The van der Waals surface area contributed by atoms with Gasteiger partial charge in [0, 0.05) is 5.56 Å². The van der Waals surface area contributed by atoms with E-state index in [0.717, 1.165) is 10.0 Å². The Morgan fingerprint density at radius 2 is 1.76 bits per heavy atom. The first-order valence-corrected chi connectivity index (χ1v) is 11.4. The fourth-order valence-electron chi connectivity index (χ4n) is 4.65. The van der Waals surface area contributed by atoms with Gasteiger partial charge in [-0.3, -0.25) is 19.2 Å². The summed E-state index contributed by atoms with van der Waals surface area (Å²) >= 11 is 6.28. The lowest BCUT2D eigenvalue weighted by molar-refractivity contribution is -0.156. The fourth-order valence-corrected chi connectivity index (χ4v) is 4.87. The van der Waals surface area contributed by atoms with Gasteiger partial charge in [0.2, 0.25) is 0 Å². The van der Waals surface area contributed by atoms with Crippen LogP contribution in [-0.4, -0.2) is 46.7 Å². The van der Waals surface area contributed by atoms with Gasteiger partial charge < -0.3 is 4.74 Å². The van der Waals surface area contributed by atoms with Crippen LogP contribution in [0.2, 0.25) is 5.02 Å². The number of benzene rings is 2. The molecule has 2 aromatic rings. The number of carbonyl (C=O) groups excluding carboxylic acids is 4. The number of rotatable bonds is 6. The van der Waals surface area contributed by atoms with Crippen LogP contribution in [0.5, 0.6) is 5.75 Å². The van der Waals surface area contributed by atoms with E-state index < -0.39 is 41.4 Å². The van der Waals surface area contributed by atoms with Crippen molar-refractivity contribution in [3.8, 4) is 5.75 Å². The van der Waals surface area contributed by atoms with Gasteiger partial charge in [0.25, 0.3) is 17.7 Å². The van der Waals surface area contributed by atoms with E-state index in [0.29, 0.717) is 17.7 Å². The molecule has 2 aromatic carbocycles. The first kappa shape index (κ1) is 23.7. The Morgan fingerprint density at radius 1 is 1.09 bits per heavy atom. The van der Waals surface area contributed by atoms with E-state index in [1.807, 2.05) is 19.1 Å². The molecule has 4 rings (SSSR count). The molecule has 0 unspecified atom stereocenters. The number of nitrogens with zero attached hydrogens (tertiary/aromatic N) is 2. The number of halogens is 1. The van der Waals surface area contributed by atoms with Crippen LogP contribution in [0.1, 0.15) is 41.0 Å². The molecule has 176 valence electrons. The molecule has 4 atom stereocenters. The number of carbonyl (C=O) groups is 4. The summed E-state index contributed by atoms with van der Waals surface area (Å²) in [5.41, 5.74) is 0.414. The number of imide groups is 1. The minimum absolute atomic E-state index is 0.0974. The highest BCUT2D eigenvalue weighted by molar-refractivity contribution is 6.34. The average molecular weight is 481 g/mol. The van der Waals surface area contributed by atoms with Gasteiger partial charge in [-0.1, -0.05) is 42.8 Å². The minimum Gasteiger partial charge on any atom is -0.497 e. The summed E-state index contributed by atoms with van der Waals surface area (Å²) < 4.78 is 5.15. The summed E-state index contributed by atoms with van der Waals surface area (Å²) in [6.45, 7) is 3.37. The van der Waals surface area contributed by atoms with Gasteiger partial charge in [-0.25, -0.2) is 5.01 Å². The SMILES string of the molecule is COc1ccc(C(=O)[C@H](C)N(C(=O)c2ccccc2Cl)N2C(=O)[C@@H]3[C@@H](C)C=CC[C@H]3C2=O)cc1. The summed E-state index contributed by atoms with van der Waals surface area (Å²) in [6.07, 6.45) is 4.19. The number of methoxy groups -OCH3 is 1. The van der Waals surface area contributed by atoms with Gasteiger partial charge in [0.15, 0.2) is 5.78 Å². The number of fused-ring (bicyclic) bond motifs is 1. The van der Waals surface area contributed by atoms with Gasteiger partial charge in [-0.05, 0) is 55.7 Å². The predicted molar refractivity (Wildman–Crippen MR) is 126 cm³/mol. The maximum atomic E-state index is 13.7. The second-order valence-corrected chi connectivity index (χ2v) is 8.95. The first-order valence-electron chi connectivity index (χ1n) is 11.1. The molecule has 1 heterocycles. The number of Topliss-reactive ketones (excluding diaryl/α,β-unsaturated/α-hetero) is 1. The number of ketones is 1. The lowest BCUT2D eigenvalue weighted by Crippen LogP contribution is -2.56. The van der Waals surface area contributed by atoms with Gasteiger partial charge in [0.1, 0.15) is 11.8 Å². The Kier molecular flexibility index (Phi) is 6.57. The topological polar surface area (TPSA) is 84.0 Å². The number of hydrogen-bond donors (Lipinski definition) is 0. The van der Waals surface area contributed by atoms with E-state index in [-0.39, 0.29) is 16.5 Å². The summed E-state index contributed by atoms with van der Waals surface area (Å²) in [4.78, 5) is 54.0. The third-order valence-corrected chi connectivity index (χ3v) is 6.83. The monoisotopic (exact) mass is 480 g/mol. The summed E-state index contributed by atoms with van der Waals surface area (Å²) in [5, 5.41) is 2.01. The molecule has 1 saturated heterocycles. The molecule has 0 aromatic heterocycles. The zero-order chi connectivity index (χ0) is 24.6. The van der Waals surface area contributed by atoms with Gasteiger partial charge in [-0.15, -0.1) is 0 Å². The van der Waals surface area contributed by atoms with Crippen molar-refractivity contribution in [3.63, 3.8) is 0 Å². The van der Waals surface area contributed by atoms with E-state index in [2.05, 4.69) is 0 Å². The maximum absolute atomic E-state index is 13.7. The molecule has 0 N–H and O–H groups in total. The molecule has 1 aliphatic heterocycles. The van der Waals surface area contributed by atoms with Crippen LogP contribution in [-0.2, 0) is 9.59 Å². The van der Waals surface area contributed by atoms with Gasteiger partial charge >= 0.3 is 0 Å². The largest absolute Gasteiger partial charge is 0.497 e. The standard InChI is InChI=1S/C26H25ClN2O5/c1-15-7-6-9-20-22(15)26(33)29(25(20)32)28(24(31)19-8-4-5-10-21(19)27)16(2)23(30)17-11-13-18(34-3)14-12-17/h4-8,10-16,20,22H,9H2,1-3H3/t15-,16-,20+,22+/m0/s1. The molecule has 34 heavy (non-hydrogen) atoms. The van der Waals surface area contributed by atoms with Crippen LogP contribution in [0, 0.1) is 17.8 Å². The quantitative estimate of drug-likeness (QED) is 0.352. The van der Waals surface area contributed by atoms with Crippen LogP contribution < -0.4 is 4.74 Å². The highest BCUT2D eigenvalue weighted by atomic mass is 35.5. The van der Waals surface area contributed by atoms with Crippen LogP contribution in [0.15, 0.2) is 60.7 Å². The molecule has 1 aliphatic carbocycles. The molecular formula is C26H25ClN2O5. The van der Waals surface area contributed by atoms with Crippen LogP contribution in [0.25, 0.3) is 0 Å². The van der Waals surface area contributed by atoms with Crippen LogP contribution >= 0.6 is 11.6 Å². The first-order chi connectivity index (χ1) is 16.3. The predicted octanol–water partition coefficient (Wildman–Crippen LogP) is 4.17. The van der Waals surface area contributed by atoms with Crippen molar-refractivity contribution in [1.82, 2.24) is 10.0 Å². The average Bonchev–Trinajstić information content (AvgIpc) is 3.10. The highest BCUT2D eigenvalue weighted by Gasteiger charge is 2.54. The molecular weight excluding hydrogens is 456 g/mol. The van der Waals surface area contributed by atoms with Crippen molar-refractivity contribution in [2.45, 2.75) is 26.3 Å². The van der Waals surface area contributed by atoms with E-state index in [4.69, 9.17) is 16.3 Å². The lowest BCUT2D eigenvalue weighted by Gasteiger charge is -2.35. The van der Waals surface area contributed by atoms with Crippen LogP contribution in [0.3, 0.4) is 0 Å². The Bertz CT molecular complexity index is 1180. The Balaban J connectivity index is 1.76. The zero-order valence-corrected chi connectivity index (χ0v) is 19.9. The Morgan fingerprint density at radius 3 is 2.38 bits per heavy atom. The summed E-state index contributed by atoms with van der Waals surface area (Å²) in [7, 11) is 1.52. The number of ether oxygens (including phenoxy) is 1. The number of hydrazine groups is 1. The molecule has 0 radical (unpaired) electrons. The van der Waals surface area contributed by atoms with Crippen molar-refractivity contribution in [3.05, 3.63) is 76.8 Å². The smallest absolute Gasteiger partial charge is 0.275 e. The normalized spacial score (nSPS) is 22.4. The lowest BCUT2D eigenvalue weighted by atomic mass is 9.78. The van der Waals surface area contributed by atoms with E-state index in [9.17, 15) is 19.2 Å². The Hall–Kier alpha value is -3.45. The second kappa shape index (κ2) is 9.43. The zero-order valence-electron chi connectivity index (χ0n) is 19.1. The van der Waals surface area contributed by atoms with Gasteiger partial charge in [0.05, 0.1) is 29.5 Å².